The van der Waals surface area contributed by atoms with Gasteiger partial charge in [0.1, 0.15) is 12.4 Å². The van der Waals surface area contributed by atoms with Crippen LogP contribution >= 0.6 is 0 Å². The first-order valence-electron chi connectivity index (χ1n) is 6.12. The largest absolute Gasteiger partial charge is 0.491 e. The highest BCUT2D eigenvalue weighted by Gasteiger charge is 2.19. The third-order valence-electron chi connectivity index (χ3n) is 2.85. The maximum atomic E-state index is 11.9. The molecule has 0 spiro atoms. The van der Waals surface area contributed by atoms with Crippen molar-refractivity contribution in [2.45, 2.75) is 13.0 Å². The minimum atomic E-state index is -0.926. The number of nitrogens with zero attached hydrogens (tertiary/aromatic N) is 1. The van der Waals surface area contributed by atoms with Crippen LogP contribution in [-0.2, 0) is 11.3 Å². The molecule has 1 aliphatic rings. The number of para-hydroxylation sites is 1. The van der Waals surface area contributed by atoms with Crippen molar-refractivity contribution in [2.24, 2.45) is 0 Å². The molecular weight excluding hydrogens is 248 g/mol. The fourth-order valence-electron chi connectivity index (χ4n) is 1.89. The van der Waals surface area contributed by atoms with E-state index in [1.54, 1.807) is 4.90 Å². The lowest BCUT2D eigenvalue weighted by Crippen LogP contribution is -2.41. The quantitative estimate of drug-likeness (QED) is 0.855. The molecule has 0 saturated carbocycles. The van der Waals surface area contributed by atoms with Crippen molar-refractivity contribution < 1.29 is 19.4 Å². The Morgan fingerprint density at radius 3 is 2.95 bits per heavy atom. The van der Waals surface area contributed by atoms with Crippen LogP contribution in [0.3, 0.4) is 0 Å². The van der Waals surface area contributed by atoms with Gasteiger partial charge >= 0.3 is 12.0 Å². The zero-order valence-electron chi connectivity index (χ0n) is 10.5. The third-order valence-corrected chi connectivity index (χ3v) is 2.85. The van der Waals surface area contributed by atoms with E-state index in [4.69, 9.17) is 9.84 Å². The van der Waals surface area contributed by atoms with Gasteiger partial charge in [-0.15, -0.1) is 0 Å². The second-order valence-electron chi connectivity index (χ2n) is 4.25. The van der Waals surface area contributed by atoms with E-state index in [1.165, 1.54) is 0 Å². The summed E-state index contributed by atoms with van der Waals surface area (Å²) in [5.74, 6) is -0.131. The van der Waals surface area contributed by atoms with Gasteiger partial charge in [0.15, 0.2) is 0 Å². The Kier molecular flexibility index (Phi) is 4.22. The zero-order valence-corrected chi connectivity index (χ0v) is 10.5. The summed E-state index contributed by atoms with van der Waals surface area (Å²) >= 11 is 0. The Balaban J connectivity index is 1.94. The number of nitrogens with one attached hydrogen (secondary N) is 1. The van der Waals surface area contributed by atoms with Crippen molar-refractivity contribution in [2.75, 3.05) is 19.7 Å². The number of carbonyl (C=O) groups excluding carboxylic acids is 1. The summed E-state index contributed by atoms with van der Waals surface area (Å²) in [6, 6.07) is 7.32. The third kappa shape index (κ3) is 3.61. The van der Waals surface area contributed by atoms with Gasteiger partial charge in [0.2, 0.25) is 0 Å². The number of amides is 2. The number of aliphatic carboxylic acids is 1. The highest BCUT2D eigenvalue weighted by atomic mass is 16.5. The van der Waals surface area contributed by atoms with E-state index in [-0.39, 0.29) is 19.0 Å². The van der Waals surface area contributed by atoms with E-state index in [2.05, 4.69) is 5.32 Å². The van der Waals surface area contributed by atoms with Crippen LogP contribution in [0.15, 0.2) is 24.3 Å². The Labute approximate surface area is 111 Å². The molecule has 6 heteroatoms. The van der Waals surface area contributed by atoms with Gasteiger partial charge in [0.25, 0.3) is 0 Å². The first kappa shape index (κ1) is 13.2. The van der Waals surface area contributed by atoms with Crippen molar-refractivity contribution >= 4 is 12.0 Å². The van der Waals surface area contributed by atoms with Crippen molar-refractivity contribution in [3.05, 3.63) is 29.8 Å². The van der Waals surface area contributed by atoms with Crippen LogP contribution in [-0.4, -0.2) is 41.7 Å². The summed E-state index contributed by atoms with van der Waals surface area (Å²) in [6.45, 7) is 1.51. The van der Waals surface area contributed by atoms with Crippen LogP contribution in [0.5, 0.6) is 5.75 Å². The molecule has 0 radical (unpaired) electrons. The van der Waals surface area contributed by atoms with Gasteiger partial charge in [-0.3, -0.25) is 4.79 Å². The van der Waals surface area contributed by atoms with Crippen molar-refractivity contribution in [1.29, 1.82) is 0 Å². The second-order valence-corrected chi connectivity index (χ2v) is 4.25. The number of carboxylic acid groups (broad SMARTS) is 1. The molecule has 0 saturated heterocycles. The van der Waals surface area contributed by atoms with E-state index in [9.17, 15) is 9.59 Å². The lowest BCUT2D eigenvalue weighted by molar-refractivity contribution is -0.136. The van der Waals surface area contributed by atoms with Crippen molar-refractivity contribution in [1.82, 2.24) is 10.2 Å². The molecule has 0 aromatic heterocycles. The summed E-state index contributed by atoms with van der Waals surface area (Å²) < 4.78 is 5.56. The molecule has 102 valence electrons. The van der Waals surface area contributed by atoms with Crippen molar-refractivity contribution in [3.63, 3.8) is 0 Å². The average Bonchev–Trinajstić information content (AvgIpc) is 2.60. The Bertz CT molecular complexity index is 475. The van der Waals surface area contributed by atoms with Gasteiger partial charge in [-0.2, -0.15) is 0 Å². The molecular formula is C13H16N2O4. The molecule has 1 aliphatic heterocycles. The molecule has 1 aromatic rings. The first-order chi connectivity index (χ1) is 9.16. The summed E-state index contributed by atoms with van der Waals surface area (Å²) in [5.41, 5.74) is 0.952. The summed E-state index contributed by atoms with van der Waals surface area (Å²) in [5, 5.41) is 11.1. The van der Waals surface area contributed by atoms with Gasteiger partial charge < -0.3 is 20.1 Å². The topological polar surface area (TPSA) is 78.9 Å². The van der Waals surface area contributed by atoms with Gasteiger partial charge in [-0.1, -0.05) is 18.2 Å². The van der Waals surface area contributed by atoms with E-state index < -0.39 is 5.97 Å². The van der Waals surface area contributed by atoms with Crippen molar-refractivity contribution in [3.8, 4) is 5.75 Å². The standard InChI is InChI=1S/C13H16N2O4/c16-12(17)5-6-14-13(18)15-7-8-19-11-4-2-1-3-10(11)9-15/h1-4H,5-9H2,(H,14,18)(H,16,17). The van der Waals surface area contributed by atoms with E-state index in [0.717, 1.165) is 11.3 Å². The normalized spacial score (nSPS) is 14.0. The minimum Gasteiger partial charge on any atom is -0.491 e. The lowest BCUT2D eigenvalue weighted by Gasteiger charge is -2.20. The SMILES string of the molecule is O=C(O)CCNC(=O)N1CCOc2ccccc2C1. The number of urea groups is 1. The highest BCUT2D eigenvalue weighted by molar-refractivity contribution is 5.75. The lowest BCUT2D eigenvalue weighted by atomic mass is 10.2. The number of carboxylic acids is 1. The Hall–Kier alpha value is -2.24. The maximum Gasteiger partial charge on any atom is 0.317 e. The van der Waals surface area contributed by atoms with Gasteiger partial charge in [-0.25, -0.2) is 4.79 Å². The number of benzene rings is 1. The molecule has 6 nitrogen and oxygen atoms in total. The van der Waals surface area contributed by atoms with Crippen LogP contribution in [0, 0.1) is 0 Å². The molecule has 2 N–H and O–H groups in total. The number of hydrogen-bond donors (Lipinski definition) is 2. The maximum absolute atomic E-state index is 11.9. The fourth-order valence-corrected chi connectivity index (χ4v) is 1.89. The van der Waals surface area contributed by atoms with E-state index in [1.807, 2.05) is 24.3 Å². The molecule has 19 heavy (non-hydrogen) atoms. The Morgan fingerprint density at radius 2 is 2.16 bits per heavy atom. The van der Waals surface area contributed by atoms with Gasteiger partial charge in [0.05, 0.1) is 19.5 Å². The zero-order chi connectivity index (χ0) is 13.7. The summed E-state index contributed by atoms with van der Waals surface area (Å²) in [6.07, 6.45) is -0.0767. The molecule has 0 unspecified atom stereocenters. The van der Waals surface area contributed by atoms with Gasteiger partial charge in [0, 0.05) is 12.1 Å². The highest BCUT2D eigenvalue weighted by Crippen LogP contribution is 2.22. The number of ether oxygens (including phenoxy) is 1. The van der Waals surface area contributed by atoms with Gasteiger partial charge in [-0.05, 0) is 6.07 Å². The predicted octanol–water partition coefficient (Wildman–Crippen LogP) is 1.07. The van der Waals surface area contributed by atoms with Crippen LogP contribution in [0.4, 0.5) is 4.79 Å². The second kappa shape index (κ2) is 6.08. The number of rotatable bonds is 3. The summed E-state index contributed by atoms with van der Waals surface area (Å²) in [4.78, 5) is 23.9. The molecule has 2 amide bonds. The fraction of sp³-hybridized carbons (Fsp3) is 0.385. The number of fused-ring (bicyclic) bond motifs is 1. The minimum absolute atomic E-state index is 0.0767. The van der Waals surface area contributed by atoms with Crippen LogP contribution in [0.2, 0.25) is 0 Å². The van der Waals surface area contributed by atoms with Crippen LogP contribution in [0.1, 0.15) is 12.0 Å². The molecule has 1 aromatic carbocycles. The van der Waals surface area contributed by atoms with E-state index in [0.29, 0.717) is 19.7 Å². The number of carbonyl (C=O) groups is 2. The molecule has 0 atom stereocenters. The molecule has 1 heterocycles. The molecule has 2 rings (SSSR count). The van der Waals surface area contributed by atoms with Crippen LogP contribution < -0.4 is 10.1 Å². The van der Waals surface area contributed by atoms with E-state index >= 15 is 0 Å². The van der Waals surface area contributed by atoms with Crippen LogP contribution in [0.25, 0.3) is 0 Å². The average molecular weight is 264 g/mol. The number of hydrogen-bond acceptors (Lipinski definition) is 3. The predicted molar refractivity (Wildman–Crippen MR) is 68.0 cm³/mol. The monoisotopic (exact) mass is 264 g/mol. The smallest absolute Gasteiger partial charge is 0.317 e. The first-order valence-corrected chi connectivity index (χ1v) is 6.12. The Morgan fingerprint density at radius 1 is 1.37 bits per heavy atom. The molecule has 0 aliphatic carbocycles. The summed E-state index contributed by atoms with van der Waals surface area (Å²) in [7, 11) is 0. The molecule has 0 bridgehead atoms. The molecule has 0 fully saturated rings.